The first-order valence-electron chi connectivity index (χ1n) is 6.22. The maximum Gasteiger partial charge on any atom is 0.256 e. The Morgan fingerprint density at radius 1 is 0.952 bits per heavy atom. The van der Waals surface area contributed by atoms with Crippen molar-refractivity contribution in [3.8, 4) is 12.1 Å². The zero-order valence-corrected chi connectivity index (χ0v) is 12.7. The van der Waals surface area contributed by atoms with Crippen LogP contribution in [0.5, 0.6) is 0 Å². The molecule has 2 aromatic carbocycles. The maximum atomic E-state index is 9.33. The highest BCUT2D eigenvalue weighted by molar-refractivity contribution is 9.10. The highest BCUT2D eigenvalue weighted by Gasteiger charge is 2.30. The lowest BCUT2D eigenvalue weighted by Gasteiger charge is -2.11. The summed E-state index contributed by atoms with van der Waals surface area (Å²) in [6, 6.07) is 20.4. The summed E-state index contributed by atoms with van der Waals surface area (Å²) < 4.78 is 0.928. The van der Waals surface area contributed by atoms with Gasteiger partial charge in [0.25, 0.3) is 5.54 Å². The number of rotatable bonds is 4. The molecular weight excluding hydrogens is 328 g/mol. The van der Waals surface area contributed by atoms with Gasteiger partial charge in [0.1, 0.15) is 12.1 Å². The fourth-order valence-corrected chi connectivity index (χ4v) is 1.99. The Kier molecular flexibility index (Phi) is 4.81. The molecule has 0 atom stereocenters. The molecule has 0 N–H and O–H groups in total. The number of nitriles is 2. The van der Waals surface area contributed by atoms with E-state index in [9.17, 15) is 10.5 Å². The molecule has 0 radical (unpaired) electrons. The van der Waals surface area contributed by atoms with Gasteiger partial charge in [-0.05, 0) is 29.8 Å². The van der Waals surface area contributed by atoms with Gasteiger partial charge in [-0.15, -0.1) is 0 Å². The van der Waals surface area contributed by atoms with Crippen molar-refractivity contribution in [2.75, 3.05) is 0 Å². The minimum atomic E-state index is -1.51. The lowest BCUT2D eigenvalue weighted by atomic mass is 9.95. The second-order valence-electron chi connectivity index (χ2n) is 4.42. The molecule has 0 fully saturated rings. The van der Waals surface area contributed by atoms with Crippen LogP contribution in [0, 0.1) is 22.7 Å². The molecule has 0 saturated carbocycles. The molecule has 2 aromatic rings. The van der Waals surface area contributed by atoms with Crippen molar-refractivity contribution in [1.82, 2.24) is 0 Å². The van der Waals surface area contributed by atoms with Crippen LogP contribution in [-0.2, 0) is 6.42 Å². The Labute approximate surface area is 131 Å². The minimum Gasteiger partial charge on any atom is -0.194 e. The normalized spacial score (nSPS) is 11.0. The van der Waals surface area contributed by atoms with E-state index < -0.39 is 5.54 Å². The summed E-state index contributed by atoms with van der Waals surface area (Å²) in [5.74, 6) is 0. The fraction of sp³-hybridized carbons (Fsp3) is 0.125. The van der Waals surface area contributed by atoms with Crippen LogP contribution in [0.1, 0.15) is 5.56 Å². The SMILES string of the molecule is N#CC(C#N)(Cc1ccccc1)N=Nc1ccc(Br)cc1. The number of hydrogen-bond donors (Lipinski definition) is 0. The monoisotopic (exact) mass is 338 g/mol. The summed E-state index contributed by atoms with van der Waals surface area (Å²) in [4.78, 5) is 0. The van der Waals surface area contributed by atoms with Gasteiger partial charge in [-0.2, -0.15) is 20.8 Å². The third-order valence-corrected chi connectivity index (χ3v) is 3.36. The van der Waals surface area contributed by atoms with Gasteiger partial charge in [0.2, 0.25) is 0 Å². The van der Waals surface area contributed by atoms with Crippen LogP contribution in [0.3, 0.4) is 0 Å². The molecule has 2 rings (SSSR count). The Morgan fingerprint density at radius 2 is 1.57 bits per heavy atom. The number of halogens is 1. The second-order valence-corrected chi connectivity index (χ2v) is 5.34. The first-order valence-corrected chi connectivity index (χ1v) is 7.02. The molecule has 0 heterocycles. The smallest absolute Gasteiger partial charge is 0.194 e. The molecular formula is C16H11BrN4. The van der Waals surface area contributed by atoms with Crippen molar-refractivity contribution in [3.05, 3.63) is 64.6 Å². The van der Waals surface area contributed by atoms with Gasteiger partial charge < -0.3 is 0 Å². The van der Waals surface area contributed by atoms with E-state index in [1.54, 1.807) is 12.1 Å². The second kappa shape index (κ2) is 6.78. The van der Waals surface area contributed by atoms with E-state index in [0.29, 0.717) is 5.69 Å². The van der Waals surface area contributed by atoms with Gasteiger partial charge in [0.05, 0.1) is 5.69 Å². The molecule has 4 nitrogen and oxygen atoms in total. The summed E-state index contributed by atoms with van der Waals surface area (Å²) in [6.07, 6.45) is 0.209. The summed E-state index contributed by atoms with van der Waals surface area (Å²) in [7, 11) is 0. The molecule has 102 valence electrons. The van der Waals surface area contributed by atoms with Crippen LogP contribution < -0.4 is 0 Å². The van der Waals surface area contributed by atoms with Crippen molar-refractivity contribution in [2.24, 2.45) is 10.2 Å². The van der Waals surface area contributed by atoms with Crippen LogP contribution >= 0.6 is 15.9 Å². The topological polar surface area (TPSA) is 72.3 Å². The van der Waals surface area contributed by atoms with E-state index in [-0.39, 0.29) is 6.42 Å². The predicted molar refractivity (Wildman–Crippen MR) is 82.8 cm³/mol. The molecule has 5 heteroatoms. The predicted octanol–water partition coefficient (Wildman–Crippen LogP) is 4.56. The average molecular weight is 339 g/mol. The summed E-state index contributed by atoms with van der Waals surface area (Å²) >= 11 is 3.33. The lowest BCUT2D eigenvalue weighted by molar-refractivity contribution is 0.645. The van der Waals surface area contributed by atoms with Crippen LogP contribution in [0.15, 0.2) is 69.3 Å². The van der Waals surface area contributed by atoms with E-state index in [4.69, 9.17) is 0 Å². The number of benzene rings is 2. The summed E-state index contributed by atoms with van der Waals surface area (Å²) in [5, 5.41) is 26.6. The van der Waals surface area contributed by atoms with Crippen molar-refractivity contribution < 1.29 is 0 Å². The first kappa shape index (κ1) is 14.9. The quantitative estimate of drug-likeness (QED) is 0.766. The molecule has 0 spiro atoms. The summed E-state index contributed by atoms with van der Waals surface area (Å²) in [5.41, 5.74) is -0.0366. The Balaban J connectivity index is 2.25. The van der Waals surface area contributed by atoms with Crippen molar-refractivity contribution in [3.63, 3.8) is 0 Å². The Hall–Kier alpha value is -2.50. The molecule has 0 saturated heterocycles. The van der Waals surface area contributed by atoms with E-state index in [2.05, 4.69) is 26.2 Å². The van der Waals surface area contributed by atoms with Gasteiger partial charge in [-0.25, -0.2) is 0 Å². The Bertz CT molecular complexity index is 695. The zero-order valence-electron chi connectivity index (χ0n) is 11.1. The highest BCUT2D eigenvalue weighted by atomic mass is 79.9. The van der Waals surface area contributed by atoms with Crippen LogP contribution in [-0.4, -0.2) is 5.54 Å². The molecule has 0 aromatic heterocycles. The molecule has 0 aliphatic heterocycles. The zero-order chi connectivity index (χ0) is 15.1. The van der Waals surface area contributed by atoms with Gasteiger partial charge in [0.15, 0.2) is 0 Å². The molecule has 0 amide bonds. The number of nitrogens with zero attached hydrogens (tertiary/aromatic N) is 4. The average Bonchev–Trinajstić information content (AvgIpc) is 2.54. The van der Waals surface area contributed by atoms with Crippen molar-refractivity contribution in [2.45, 2.75) is 12.0 Å². The maximum absolute atomic E-state index is 9.33. The molecule has 0 aliphatic carbocycles. The molecule has 0 aliphatic rings. The third-order valence-electron chi connectivity index (χ3n) is 2.84. The van der Waals surface area contributed by atoms with Gasteiger partial charge in [-0.1, -0.05) is 46.3 Å². The third kappa shape index (κ3) is 3.98. The van der Waals surface area contributed by atoms with Gasteiger partial charge >= 0.3 is 0 Å². The van der Waals surface area contributed by atoms with Crippen molar-refractivity contribution in [1.29, 1.82) is 10.5 Å². The summed E-state index contributed by atoms with van der Waals surface area (Å²) in [6.45, 7) is 0. The minimum absolute atomic E-state index is 0.209. The van der Waals surface area contributed by atoms with Crippen molar-refractivity contribution >= 4 is 21.6 Å². The van der Waals surface area contributed by atoms with Crippen LogP contribution in [0.4, 0.5) is 5.69 Å². The van der Waals surface area contributed by atoms with Gasteiger partial charge in [0, 0.05) is 10.9 Å². The standard InChI is InChI=1S/C16H11BrN4/c17-14-6-8-15(9-7-14)20-21-16(11-18,12-19)10-13-4-2-1-3-5-13/h1-9H,10H2. The number of hydrogen-bond acceptors (Lipinski definition) is 4. The number of azo groups is 1. The van der Waals surface area contributed by atoms with E-state index in [0.717, 1.165) is 10.0 Å². The fourth-order valence-electron chi connectivity index (χ4n) is 1.73. The molecule has 0 bridgehead atoms. The molecule has 21 heavy (non-hydrogen) atoms. The van der Waals surface area contributed by atoms with E-state index in [1.807, 2.05) is 54.6 Å². The lowest BCUT2D eigenvalue weighted by Crippen LogP contribution is -2.24. The largest absolute Gasteiger partial charge is 0.256 e. The highest BCUT2D eigenvalue weighted by Crippen LogP contribution is 2.22. The Morgan fingerprint density at radius 3 is 2.14 bits per heavy atom. The molecule has 0 unspecified atom stereocenters. The van der Waals surface area contributed by atoms with E-state index >= 15 is 0 Å². The van der Waals surface area contributed by atoms with Crippen LogP contribution in [0.2, 0.25) is 0 Å². The first-order chi connectivity index (χ1) is 10.2. The van der Waals surface area contributed by atoms with Gasteiger partial charge in [-0.3, -0.25) is 0 Å². The van der Waals surface area contributed by atoms with Crippen LogP contribution in [0.25, 0.3) is 0 Å². The van der Waals surface area contributed by atoms with E-state index in [1.165, 1.54) is 0 Å².